The summed E-state index contributed by atoms with van der Waals surface area (Å²) >= 11 is 0. The van der Waals surface area contributed by atoms with E-state index in [2.05, 4.69) is 10.6 Å². The Morgan fingerprint density at radius 1 is 0.968 bits per heavy atom. The van der Waals surface area contributed by atoms with Crippen LogP contribution in [0.1, 0.15) is 24.2 Å². The maximum absolute atomic E-state index is 12.6. The third kappa shape index (κ3) is 6.36. The van der Waals surface area contributed by atoms with E-state index in [0.29, 0.717) is 68.0 Å². The molecule has 3 rings (SSSR count). The van der Waals surface area contributed by atoms with Crippen LogP contribution in [-0.4, -0.2) is 62.8 Å². The summed E-state index contributed by atoms with van der Waals surface area (Å²) in [4.78, 5) is 26.8. The Bertz CT molecular complexity index is 897. The first kappa shape index (κ1) is 22.4. The maximum atomic E-state index is 12.6. The summed E-state index contributed by atoms with van der Waals surface area (Å²) in [5, 5.41) is 5.91. The Morgan fingerprint density at radius 3 is 2.45 bits per heavy atom. The normalized spacial score (nSPS) is 13.4. The number of rotatable bonds is 9. The van der Waals surface area contributed by atoms with Crippen molar-refractivity contribution in [3.63, 3.8) is 0 Å². The molecule has 2 N–H and O–H groups in total. The number of nitrogens with one attached hydrogen (secondary N) is 2. The monoisotopic (exact) mass is 427 g/mol. The van der Waals surface area contributed by atoms with Gasteiger partial charge in [-0.15, -0.1) is 0 Å². The molecule has 1 heterocycles. The molecule has 1 fully saturated rings. The first-order chi connectivity index (χ1) is 15.1. The molecular weight excluding hydrogens is 398 g/mol. The Labute approximate surface area is 182 Å². The number of hydrogen-bond acceptors (Lipinski definition) is 6. The van der Waals surface area contributed by atoms with Crippen molar-refractivity contribution in [2.45, 2.75) is 13.8 Å². The Morgan fingerprint density at radius 2 is 1.71 bits per heavy atom. The zero-order valence-electron chi connectivity index (χ0n) is 18.0. The van der Waals surface area contributed by atoms with Crippen LogP contribution < -0.4 is 20.1 Å². The van der Waals surface area contributed by atoms with Crippen LogP contribution >= 0.6 is 0 Å². The zero-order valence-corrected chi connectivity index (χ0v) is 18.0. The van der Waals surface area contributed by atoms with Crippen molar-refractivity contribution in [1.82, 2.24) is 4.90 Å². The van der Waals surface area contributed by atoms with Crippen molar-refractivity contribution >= 4 is 23.2 Å². The Balaban J connectivity index is 1.57. The summed E-state index contributed by atoms with van der Waals surface area (Å²) in [6, 6.07) is 12.5. The van der Waals surface area contributed by atoms with Gasteiger partial charge in [0.05, 0.1) is 33.0 Å². The van der Waals surface area contributed by atoms with E-state index < -0.39 is 0 Å². The van der Waals surface area contributed by atoms with Crippen LogP contribution in [0.2, 0.25) is 0 Å². The second-order valence-electron chi connectivity index (χ2n) is 6.91. The molecular formula is C23H29N3O5. The number of hydrogen-bond donors (Lipinski definition) is 2. The van der Waals surface area contributed by atoms with Gasteiger partial charge >= 0.3 is 0 Å². The molecule has 0 saturated carbocycles. The largest absolute Gasteiger partial charge is 0.490 e. The minimum absolute atomic E-state index is 0.0331. The number of anilines is 2. The standard InChI is InChI=1S/C23H29N3O5/c1-3-30-20-9-8-19(15-21(20)31-4-2)25-22(27)16-24-18-7-5-6-17(14-18)23(28)26-10-12-29-13-11-26/h5-9,14-15,24H,3-4,10-13,16H2,1-2H3,(H,25,27). The lowest BCUT2D eigenvalue weighted by Crippen LogP contribution is -2.40. The van der Waals surface area contributed by atoms with Crippen molar-refractivity contribution in [3.05, 3.63) is 48.0 Å². The highest BCUT2D eigenvalue weighted by molar-refractivity contribution is 5.96. The number of morpholine rings is 1. The lowest BCUT2D eigenvalue weighted by molar-refractivity contribution is -0.114. The predicted octanol–water partition coefficient (Wildman–Crippen LogP) is 3.01. The molecule has 0 radical (unpaired) electrons. The van der Waals surface area contributed by atoms with Crippen LogP contribution in [0.15, 0.2) is 42.5 Å². The van der Waals surface area contributed by atoms with E-state index in [1.54, 1.807) is 41.3 Å². The fourth-order valence-electron chi connectivity index (χ4n) is 3.23. The molecule has 0 unspecified atom stereocenters. The number of amides is 2. The SMILES string of the molecule is CCOc1ccc(NC(=O)CNc2cccc(C(=O)N3CCOCC3)c2)cc1OCC. The van der Waals surface area contributed by atoms with Crippen LogP contribution in [-0.2, 0) is 9.53 Å². The molecule has 0 aromatic heterocycles. The molecule has 0 atom stereocenters. The van der Waals surface area contributed by atoms with E-state index in [1.807, 2.05) is 19.9 Å². The number of carbonyl (C=O) groups is 2. The molecule has 8 heteroatoms. The van der Waals surface area contributed by atoms with Gasteiger partial charge in [-0.1, -0.05) is 6.07 Å². The van der Waals surface area contributed by atoms with E-state index in [9.17, 15) is 9.59 Å². The second-order valence-corrected chi connectivity index (χ2v) is 6.91. The summed E-state index contributed by atoms with van der Waals surface area (Å²) in [6.45, 7) is 7.17. The summed E-state index contributed by atoms with van der Waals surface area (Å²) in [5.41, 5.74) is 1.91. The number of nitrogens with zero attached hydrogens (tertiary/aromatic N) is 1. The highest BCUT2D eigenvalue weighted by Gasteiger charge is 2.18. The number of carbonyl (C=O) groups excluding carboxylic acids is 2. The van der Waals surface area contributed by atoms with Gasteiger partial charge in [-0.2, -0.15) is 0 Å². The van der Waals surface area contributed by atoms with Crippen molar-refractivity contribution in [3.8, 4) is 11.5 Å². The average Bonchev–Trinajstić information content (AvgIpc) is 2.80. The number of benzene rings is 2. The first-order valence-corrected chi connectivity index (χ1v) is 10.5. The highest BCUT2D eigenvalue weighted by atomic mass is 16.5. The van der Waals surface area contributed by atoms with E-state index >= 15 is 0 Å². The predicted molar refractivity (Wildman–Crippen MR) is 119 cm³/mol. The molecule has 31 heavy (non-hydrogen) atoms. The first-order valence-electron chi connectivity index (χ1n) is 10.5. The van der Waals surface area contributed by atoms with Gasteiger partial charge in [0.2, 0.25) is 5.91 Å². The summed E-state index contributed by atoms with van der Waals surface area (Å²) in [5.74, 6) is 0.984. The van der Waals surface area contributed by atoms with E-state index in [0.717, 1.165) is 0 Å². The highest BCUT2D eigenvalue weighted by Crippen LogP contribution is 2.30. The van der Waals surface area contributed by atoms with Crippen LogP contribution in [0, 0.1) is 0 Å². The van der Waals surface area contributed by atoms with Gasteiger partial charge in [0.25, 0.3) is 5.91 Å². The minimum atomic E-state index is -0.212. The van der Waals surface area contributed by atoms with Gasteiger partial charge in [0.1, 0.15) is 0 Å². The van der Waals surface area contributed by atoms with Crippen molar-refractivity contribution in [2.75, 3.05) is 56.7 Å². The molecule has 1 aliphatic heterocycles. The molecule has 2 aromatic rings. The third-order valence-electron chi connectivity index (χ3n) is 4.69. The molecule has 1 aliphatic rings. The van der Waals surface area contributed by atoms with Crippen molar-refractivity contribution < 1.29 is 23.8 Å². The quantitative estimate of drug-likeness (QED) is 0.640. The van der Waals surface area contributed by atoms with Crippen molar-refractivity contribution in [1.29, 1.82) is 0 Å². The van der Waals surface area contributed by atoms with Crippen LogP contribution in [0.3, 0.4) is 0 Å². The van der Waals surface area contributed by atoms with Gasteiger partial charge in [-0.3, -0.25) is 9.59 Å². The van der Waals surface area contributed by atoms with Crippen LogP contribution in [0.4, 0.5) is 11.4 Å². The molecule has 0 aliphatic carbocycles. The van der Waals surface area contributed by atoms with Gasteiger partial charge in [0, 0.05) is 36.1 Å². The fraction of sp³-hybridized carbons (Fsp3) is 0.391. The topological polar surface area (TPSA) is 89.1 Å². The van der Waals surface area contributed by atoms with Gasteiger partial charge in [-0.25, -0.2) is 0 Å². The zero-order chi connectivity index (χ0) is 22.1. The van der Waals surface area contributed by atoms with Gasteiger partial charge < -0.3 is 29.7 Å². The van der Waals surface area contributed by atoms with E-state index in [1.165, 1.54) is 0 Å². The molecule has 8 nitrogen and oxygen atoms in total. The second kappa shape index (κ2) is 11.2. The van der Waals surface area contributed by atoms with E-state index in [4.69, 9.17) is 14.2 Å². The Kier molecular flexibility index (Phi) is 8.12. The molecule has 1 saturated heterocycles. The molecule has 2 amide bonds. The van der Waals surface area contributed by atoms with Crippen LogP contribution in [0.5, 0.6) is 11.5 Å². The lowest BCUT2D eigenvalue weighted by Gasteiger charge is -2.27. The Hall–Kier alpha value is -3.26. The fourth-order valence-corrected chi connectivity index (χ4v) is 3.23. The summed E-state index contributed by atoms with van der Waals surface area (Å²) in [7, 11) is 0. The summed E-state index contributed by atoms with van der Waals surface area (Å²) < 4.78 is 16.4. The summed E-state index contributed by atoms with van der Waals surface area (Å²) in [6.07, 6.45) is 0. The molecule has 2 aromatic carbocycles. The minimum Gasteiger partial charge on any atom is -0.490 e. The maximum Gasteiger partial charge on any atom is 0.254 e. The van der Waals surface area contributed by atoms with E-state index in [-0.39, 0.29) is 18.4 Å². The van der Waals surface area contributed by atoms with Gasteiger partial charge in [-0.05, 0) is 44.2 Å². The molecule has 0 spiro atoms. The van der Waals surface area contributed by atoms with Crippen LogP contribution in [0.25, 0.3) is 0 Å². The smallest absolute Gasteiger partial charge is 0.254 e. The van der Waals surface area contributed by atoms with Gasteiger partial charge in [0.15, 0.2) is 11.5 Å². The number of ether oxygens (including phenoxy) is 3. The lowest BCUT2D eigenvalue weighted by atomic mass is 10.1. The van der Waals surface area contributed by atoms with Crippen molar-refractivity contribution in [2.24, 2.45) is 0 Å². The molecule has 0 bridgehead atoms. The third-order valence-corrected chi connectivity index (χ3v) is 4.69. The molecule has 166 valence electrons. The average molecular weight is 428 g/mol.